The second-order valence-electron chi connectivity index (χ2n) is 18.1. The van der Waals surface area contributed by atoms with Gasteiger partial charge in [0.15, 0.2) is 17.5 Å². The van der Waals surface area contributed by atoms with Crippen molar-refractivity contribution in [1.82, 2.24) is 19.5 Å². The number of hydrogen-bond acceptors (Lipinski definition) is 4. The minimum absolute atomic E-state index is 0.0941. The van der Waals surface area contributed by atoms with Crippen molar-refractivity contribution in [2.45, 2.75) is 37.5 Å². The lowest BCUT2D eigenvalue weighted by molar-refractivity contribution is 0.844. The second kappa shape index (κ2) is 17.0. The van der Waals surface area contributed by atoms with Gasteiger partial charge in [-0.2, -0.15) is 0 Å². The Morgan fingerprint density at radius 1 is 0.485 bits per heavy atom. The molecule has 1 unspecified atom stereocenters. The molecule has 7 aromatic carbocycles. The fourth-order valence-corrected chi connectivity index (χ4v) is 11.8. The minimum atomic E-state index is 0.0941. The lowest BCUT2D eigenvalue weighted by atomic mass is 9.86. The van der Waals surface area contributed by atoms with Crippen LogP contribution in [0, 0.1) is 0 Å². The van der Waals surface area contributed by atoms with Crippen LogP contribution in [0.1, 0.15) is 54.2 Å². The highest BCUT2D eigenvalue weighted by atomic mass is 32.1. The first-order chi connectivity index (χ1) is 33.7. The predicted molar refractivity (Wildman–Crippen MR) is 286 cm³/mol. The molecule has 3 aliphatic carbocycles. The highest BCUT2D eigenvalue weighted by Gasteiger charge is 2.27. The van der Waals surface area contributed by atoms with Crippen LogP contribution in [0.4, 0.5) is 0 Å². The van der Waals surface area contributed by atoms with Crippen LogP contribution in [0.2, 0.25) is 0 Å². The molecule has 3 aliphatic rings. The largest absolute Gasteiger partial charge is 0.308 e. The lowest BCUT2D eigenvalue weighted by Crippen LogP contribution is -2.09. The third-order valence-corrected chi connectivity index (χ3v) is 15.1. The van der Waals surface area contributed by atoms with Crippen molar-refractivity contribution in [1.29, 1.82) is 0 Å². The first kappa shape index (κ1) is 40.3. The van der Waals surface area contributed by atoms with E-state index in [4.69, 9.17) is 15.0 Å². The Hall–Kier alpha value is -7.99. The third-order valence-electron chi connectivity index (χ3n) is 13.9. The molecule has 2 atom stereocenters. The standard InChI is InChI=1S/C63H46N4S/c1-6-20-41(21-7-1)46-36-47(42-22-8-2-9-23-42)38-48(37-46)62-64-61(45-28-14-5-15-29-45)65-63(66-62)49-39-53(43-24-10-3-11-25-43)59(54(40-49)44-26-12-4-13-27-44)67-55-32-18-16-30-50(55)51-34-35-57-58(60(51)67)52-31-17-19-33-56(52)68-57/h1-8,10-20,22,24-26,28-41,44H,9,21,23,27H2/t41-,44?/m1/s1. The van der Waals surface area contributed by atoms with Crippen LogP contribution in [-0.2, 0) is 0 Å². The number of thiophene rings is 1. The second-order valence-corrected chi connectivity index (χ2v) is 19.2. The molecule has 13 rings (SSSR count). The van der Waals surface area contributed by atoms with Gasteiger partial charge < -0.3 is 4.57 Å². The third kappa shape index (κ3) is 7.10. The average Bonchev–Trinajstić information content (AvgIpc) is 3.97. The normalized spacial score (nSPS) is 16.7. The van der Waals surface area contributed by atoms with Gasteiger partial charge in [0.1, 0.15) is 0 Å². The van der Waals surface area contributed by atoms with E-state index in [2.05, 4.69) is 217 Å². The zero-order chi connectivity index (χ0) is 45.0. The highest BCUT2D eigenvalue weighted by molar-refractivity contribution is 7.26. The molecule has 0 aliphatic heterocycles. The molecule has 0 saturated heterocycles. The summed E-state index contributed by atoms with van der Waals surface area (Å²) >= 11 is 1.87. The number of hydrogen-bond donors (Lipinski definition) is 0. The van der Waals surface area contributed by atoms with Gasteiger partial charge in [0.2, 0.25) is 0 Å². The van der Waals surface area contributed by atoms with Gasteiger partial charge in [-0.15, -0.1) is 11.3 Å². The van der Waals surface area contributed by atoms with Crippen molar-refractivity contribution in [2.75, 3.05) is 0 Å². The SMILES string of the molecule is C1=CCCC(c2cc(-c3nc(-c4ccccc4)nc(-c4cc(-c5ccccc5)c(-n5c6ccccc6c6ccc7sc8ccccc8c7c65)c(C5C=CC=CC5)c4)n3)cc([C@@H]3C=CC=CC3)c2)=C1. The van der Waals surface area contributed by atoms with E-state index in [1.807, 2.05) is 17.4 Å². The number of benzene rings is 7. The fraction of sp³-hybridized carbons (Fsp3) is 0.0952. The van der Waals surface area contributed by atoms with E-state index in [0.29, 0.717) is 17.5 Å². The van der Waals surface area contributed by atoms with Gasteiger partial charge in [-0.1, -0.05) is 176 Å². The molecule has 3 aromatic heterocycles. The van der Waals surface area contributed by atoms with Crippen molar-refractivity contribution in [2.24, 2.45) is 0 Å². The summed E-state index contributed by atoms with van der Waals surface area (Å²) in [5.41, 5.74) is 13.8. The predicted octanol–water partition coefficient (Wildman–Crippen LogP) is 16.9. The molecule has 5 heteroatoms. The molecular formula is C63H46N4S. The Labute approximate surface area is 400 Å². The molecule has 0 bridgehead atoms. The minimum Gasteiger partial charge on any atom is -0.308 e. The van der Waals surface area contributed by atoms with Crippen molar-refractivity contribution in [3.63, 3.8) is 0 Å². The van der Waals surface area contributed by atoms with Gasteiger partial charge in [0, 0.05) is 65.0 Å². The average molecular weight is 891 g/mol. The van der Waals surface area contributed by atoms with Gasteiger partial charge in [0.05, 0.1) is 16.7 Å². The maximum Gasteiger partial charge on any atom is 0.164 e. The maximum absolute atomic E-state index is 5.53. The highest BCUT2D eigenvalue weighted by Crippen LogP contribution is 2.48. The summed E-state index contributed by atoms with van der Waals surface area (Å²) < 4.78 is 5.17. The summed E-state index contributed by atoms with van der Waals surface area (Å²) in [7, 11) is 0. The van der Waals surface area contributed by atoms with Crippen molar-refractivity contribution in [3.8, 4) is 51.0 Å². The molecule has 0 amide bonds. The first-order valence-corrected chi connectivity index (χ1v) is 24.6. The van der Waals surface area contributed by atoms with Crippen LogP contribution in [0.25, 0.3) is 98.5 Å². The van der Waals surface area contributed by atoms with Gasteiger partial charge in [-0.05, 0) is 96.0 Å². The molecule has 324 valence electrons. The topological polar surface area (TPSA) is 43.6 Å². The summed E-state index contributed by atoms with van der Waals surface area (Å²) in [6, 6.07) is 55.5. The number of para-hydroxylation sites is 1. The molecule has 0 fully saturated rings. The molecule has 3 heterocycles. The van der Waals surface area contributed by atoms with Crippen molar-refractivity contribution in [3.05, 3.63) is 235 Å². The van der Waals surface area contributed by atoms with Gasteiger partial charge >= 0.3 is 0 Å². The summed E-state index contributed by atoms with van der Waals surface area (Å²) in [5.74, 6) is 2.33. The smallest absolute Gasteiger partial charge is 0.164 e. The zero-order valence-corrected chi connectivity index (χ0v) is 38.3. The van der Waals surface area contributed by atoms with Crippen LogP contribution in [0.5, 0.6) is 0 Å². The Morgan fingerprint density at radius 2 is 1.15 bits per heavy atom. The molecule has 4 nitrogen and oxygen atoms in total. The summed E-state index contributed by atoms with van der Waals surface area (Å²) in [6.07, 6.45) is 28.5. The van der Waals surface area contributed by atoms with Crippen LogP contribution in [0.15, 0.2) is 218 Å². The zero-order valence-electron chi connectivity index (χ0n) is 37.5. The van der Waals surface area contributed by atoms with Crippen LogP contribution < -0.4 is 0 Å². The number of aromatic nitrogens is 4. The first-order valence-electron chi connectivity index (χ1n) is 23.8. The van der Waals surface area contributed by atoms with E-state index in [1.54, 1.807) is 0 Å². The molecule has 10 aromatic rings. The Bertz CT molecular complexity index is 3800. The number of nitrogens with zero attached hydrogens (tertiary/aromatic N) is 4. The van der Waals surface area contributed by atoms with E-state index < -0.39 is 0 Å². The van der Waals surface area contributed by atoms with Gasteiger partial charge in [0.25, 0.3) is 0 Å². The molecule has 0 N–H and O–H groups in total. The molecule has 0 radical (unpaired) electrons. The molecule has 0 spiro atoms. The van der Waals surface area contributed by atoms with E-state index in [9.17, 15) is 0 Å². The Balaban J connectivity index is 1.11. The summed E-state index contributed by atoms with van der Waals surface area (Å²) in [5, 5.41) is 5.07. The monoisotopic (exact) mass is 890 g/mol. The van der Waals surface area contributed by atoms with Crippen molar-refractivity contribution >= 4 is 58.9 Å². The lowest BCUT2D eigenvalue weighted by Gasteiger charge is -2.25. The van der Waals surface area contributed by atoms with Crippen LogP contribution in [0.3, 0.4) is 0 Å². The van der Waals surface area contributed by atoms with Crippen LogP contribution >= 0.6 is 11.3 Å². The van der Waals surface area contributed by atoms with Crippen molar-refractivity contribution < 1.29 is 0 Å². The Kier molecular flexibility index (Phi) is 10.1. The van der Waals surface area contributed by atoms with Gasteiger partial charge in [-0.3, -0.25) is 0 Å². The van der Waals surface area contributed by atoms with E-state index in [-0.39, 0.29) is 11.8 Å². The molecular weight excluding hydrogens is 845 g/mol. The van der Waals surface area contributed by atoms with Crippen LogP contribution in [-0.4, -0.2) is 19.5 Å². The van der Waals surface area contributed by atoms with E-state index in [1.165, 1.54) is 69.9 Å². The number of rotatable bonds is 8. The Morgan fingerprint density at radius 3 is 1.88 bits per heavy atom. The molecule has 0 saturated carbocycles. The maximum atomic E-state index is 5.53. The quantitative estimate of drug-likeness (QED) is 0.153. The summed E-state index contributed by atoms with van der Waals surface area (Å²) in [4.78, 5) is 16.3. The fourth-order valence-electron chi connectivity index (χ4n) is 10.7. The number of allylic oxidation sites excluding steroid dienone is 12. The van der Waals surface area contributed by atoms with E-state index in [0.717, 1.165) is 53.5 Å². The number of fused-ring (bicyclic) bond motifs is 7. The van der Waals surface area contributed by atoms with E-state index >= 15 is 0 Å². The molecule has 68 heavy (non-hydrogen) atoms. The van der Waals surface area contributed by atoms with Gasteiger partial charge in [-0.25, -0.2) is 15.0 Å². The summed E-state index contributed by atoms with van der Waals surface area (Å²) in [6.45, 7) is 0.